The number of hydrogen-bond acceptors (Lipinski definition) is 4. The monoisotopic (exact) mass is 690 g/mol. The minimum absolute atomic E-state index is 0.587. The molecule has 5 nitrogen and oxygen atoms in total. The maximum Gasteiger partial charge on any atom is 0.164 e. The van der Waals surface area contributed by atoms with Crippen molar-refractivity contribution in [2.24, 2.45) is 0 Å². The van der Waals surface area contributed by atoms with E-state index in [9.17, 15) is 0 Å². The Kier molecular flexibility index (Phi) is 6.79. The standard InChI is InChI=1S/C49H30N4O/c1-3-14-31(15-4-1)33-20-13-21-36(26-33)48-50-47(32-16-5-2-6-17-32)51-49(52-48)37-28-41-39-23-10-12-25-45(39)54-46(41)44(30-37)53-42-24-11-9-22-38(42)40-27-34-18-7-8-19-35(34)29-43(40)53/h1-30H. The van der Waals surface area contributed by atoms with Gasteiger partial charge in [-0.3, -0.25) is 0 Å². The zero-order valence-corrected chi connectivity index (χ0v) is 29.0. The summed E-state index contributed by atoms with van der Waals surface area (Å²) in [6.07, 6.45) is 0. The molecule has 11 aromatic rings. The summed E-state index contributed by atoms with van der Waals surface area (Å²) in [5, 5.41) is 6.79. The third-order valence-electron chi connectivity index (χ3n) is 10.4. The van der Waals surface area contributed by atoms with E-state index in [1.165, 1.54) is 21.5 Å². The first-order chi connectivity index (χ1) is 26.7. The molecular weight excluding hydrogens is 661 g/mol. The Bertz CT molecular complexity index is 3220. The molecule has 0 aliphatic rings. The van der Waals surface area contributed by atoms with Crippen LogP contribution in [0, 0.1) is 0 Å². The van der Waals surface area contributed by atoms with Crippen LogP contribution in [0.4, 0.5) is 0 Å². The van der Waals surface area contributed by atoms with Crippen molar-refractivity contribution in [2.45, 2.75) is 0 Å². The van der Waals surface area contributed by atoms with Crippen LogP contribution in [-0.2, 0) is 0 Å². The number of furan rings is 1. The van der Waals surface area contributed by atoms with Crippen LogP contribution in [-0.4, -0.2) is 19.5 Å². The van der Waals surface area contributed by atoms with Crippen molar-refractivity contribution < 1.29 is 4.42 Å². The number of rotatable bonds is 5. The summed E-state index contributed by atoms with van der Waals surface area (Å²) in [6, 6.07) is 63.3. The highest BCUT2D eigenvalue weighted by Gasteiger charge is 2.22. The van der Waals surface area contributed by atoms with Crippen LogP contribution >= 0.6 is 0 Å². The number of nitrogens with zero attached hydrogens (tertiary/aromatic N) is 4. The fraction of sp³-hybridized carbons (Fsp3) is 0. The Morgan fingerprint density at radius 2 is 0.944 bits per heavy atom. The van der Waals surface area contributed by atoms with Gasteiger partial charge in [0, 0.05) is 38.2 Å². The van der Waals surface area contributed by atoms with Gasteiger partial charge in [-0.15, -0.1) is 0 Å². The SMILES string of the molecule is c1ccc(-c2cccc(-c3nc(-c4ccccc4)nc(-c4cc(-n5c6ccccc6c6cc7ccccc7cc65)c5oc6ccccc6c5c4)n3)c2)cc1. The Balaban J connectivity index is 1.21. The van der Waals surface area contributed by atoms with Crippen LogP contribution in [0.25, 0.3) is 105 Å². The Labute approximate surface area is 310 Å². The summed E-state index contributed by atoms with van der Waals surface area (Å²) < 4.78 is 9.09. The van der Waals surface area contributed by atoms with E-state index >= 15 is 0 Å². The molecule has 0 unspecified atom stereocenters. The first-order valence-electron chi connectivity index (χ1n) is 18.1. The number of aromatic nitrogens is 4. The van der Waals surface area contributed by atoms with Gasteiger partial charge in [-0.2, -0.15) is 0 Å². The van der Waals surface area contributed by atoms with Crippen LogP contribution < -0.4 is 0 Å². The maximum atomic E-state index is 6.75. The van der Waals surface area contributed by atoms with Gasteiger partial charge in [0.1, 0.15) is 5.58 Å². The van der Waals surface area contributed by atoms with Crippen molar-refractivity contribution in [3.05, 3.63) is 182 Å². The van der Waals surface area contributed by atoms with Crippen LogP contribution in [0.5, 0.6) is 0 Å². The van der Waals surface area contributed by atoms with Crippen molar-refractivity contribution >= 4 is 54.5 Å². The average molecular weight is 691 g/mol. The zero-order valence-electron chi connectivity index (χ0n) is 29.0. The van der Waals surface area contributed by atoms with Gasteiger partial charge in [-0.25, -0.2) is 15.0 Å². The Morgan fingerprint density at radius 3 is 1.74 bits per heavy atom. The molecule has 0 aliphatic heterocycles. The summed E-state index contributed by atoms with van der Waals surface area (Å²) in [5.74, 6) is 1.81. The van der Waals surface area contributed by atoms with E-state index < -0.39 is 0 Å². The van der Waals surface area contributed by atoms with Gasteiger partial charge >= 0.3 is 0 Å². The first kappa shape index (κ1) is 30.3. The van der Waals surface area contributed by atoms with Gasteiger partial charge < -0.3 is 8.98 Å². The molecule has 8 aromatic carbocycles. The highest BCUT2D eigenvalue weighted by molar-refractivity contribution is 6.16. The highest BCUT2D eigenvalue weighted by Crippen LogP contribution is 2.41. The minimum Gasteiger partial charge on any atom is -0.454 e. The molecule has 0 saturated heterocycles. The molecule has 0 aliphatic carbocycles. The van der Waals surface area contributed by atoms with Crippen molar-refractivity contribution in [3.63, 3.8) is 0 Å². The van der Waals surface area contributed by atoms with E-state index in [1.54, 1.807) is 0 Å². The second-order valence-corrected chi connectivity index (χ2v) is 13.7. The minimum atomic E-state index is 0.587. The summed E-state index contributed by atoms with van der Waals surface area (Å²) in [6.45, 7) is 0. The number of para-hydroxylation sites is 2. The molecule has 0 bridgehead atoms. The zero-order chi connectivity index (χ0) is 35.6. The topological polar surface area (TPSA) is 56.7 Å². The predicted molar refractivity (Wildman–Crippen MR) is 221 cm³/mol. The molecule has 54 heavy (non-hydrogen) atoms. The molecule has 0 fully saturated rings. The number of fused-ring (bicyclic) bond motifs is 7. The normalized spacial score (nSPS) is 11.7. The highest BCUT2D eigenvalue weighted by atomic mass is 16.3. The summed E-state index contributed by atoms with van der Waals surface area (Å²) >= 11 is 0. The number of benzene rings is 8. The largest absolute Gasteiger partial charge is 0.454 e. The van der Waals surface area contributed by atoms with Crippen LogP contribution in [0.1, 0.15) is 0 Å². The Morgan fingerprint density at radius 1 is 0.352 bits per heavy atom. The summed E-state index contributed by atoms with van der Waals surface area (Å²) in [7, 11) is 0. The lowest BCUT2D eigenvalue weighted by atomic mass is 10.0. The molecule has 0 spiro atoms. The summed E-state index contributed by atoms with van der Waals surface area (Å²) in [5.41, 5.74) is 9.72. The Hall–Kier alpha value is -7.37. The molecule has 3 aromatic heterocycles. The van der Waals surface area contributed by atoms with Crippen molar-refractivity contribution in [3.8, 4) is 51.0 Å². The van der Waals surface area contributed by atoms with Crippen molar-refractivity contribution in [2.75, 3.05) is 0 Å². The molecule has 5 heteroatoms. The fourth-order valence-electron chi connectivity index (χ4n) is 7.84. The molecule has 11 rings (SSSR count). The predicted octanol–water partition coefficient (Wildman–Crippen LogP) is 12.7. The van der Waals surface area contributed by atoms with Gasteiger partial charge in [-0.05, 0) is 64.4 Å². The average Bonchev–Trinajstić information content (AvgIpc) is 3.78. The van der Waals surface area contributed by atoms with Crippen LogP contribution in [0.15, 0.2) is 186 Å². The second kappa shape index (κ2) is 12.1. The molecule has 252 valence electrons. The maximum absolute atomic E-state index is 6.75. The van der Waals surface area contributed by atoms with E-state index in [2.05, 4.69) is 138 Å². The molecule has 0 amide bonds. The molecular formula is C49H30N4O. The van der Waals surface area contributed by atoms with Crippen LogP contribution in [0.3, 0.4) is 0 Å². The van der Waals surface area contributed by atoms with Crippen molar-refractivity contribution in [1.82, 2.24) is 19.5 Å². The molecule has 0 radical (unpaired) electrons. The van der Waals surface area contributed by atoms with E-state index in [0.29, 0.717) is 17.5 Å². The molecule has 0 saturated carbocycles. The van der Waals surface area contributed by atoms with E-state index in [1.807, 2.05) is 48.5 Å². The van der Waals surface area contributed by atoms with E-state index in [0.717, 1.165) is 66.5 Å². The quantitative estimate of drug-likeness (QED) is 0.180. The van der Waals surface area contributed by atoms with Gasteiger partial charge in [0.2, 0.25) is 0 Å². The third kappa shape index (κ3) is 4.90. The van der Waals surface area contributed by atoms with Gasteiger partial charge in [0.25, 0.3) is 0 Å². The smallest absolute Gasteiger partial charge is 0.164 e. The van der Waals surface area contributed by atoms with Crippen LogP contribution in [0.2, 0.25) is 0 Å². The van der Waals surface area contributed by atoms with E-state index in [4.69, 9.17) is 19.4 Å². The molecule has 0 N–H and O–H groups in total. The third-order valence-corrected chi connectivity index (χ3v) is 10.4. The fourth-order valence-corrected chi connectivity index (χ4v) is 7.84. The summed E-state index contributed by atoms with van der Waals surface area (Å²) in [4.78, 5) is 15.5. The molecule has 3 heterocycles. The lowest BCUT2D eigenvalue weighted by Gasteiger charge is -2.13. The lowest BCUT2D eigenvalue weighted by molar-refractivity contribution is 0.666. The van der Waals surface area contributed by atoms with Gasteiger partial charge in [0.15, 0.2) is 23.1 Å². The number of hydrogen-bond donors (Lipinski definition) is 0. The van der Waals surface area contributed by atoms with Gasteiger partial charge in [-0.1, -0.05) is 140 Å². The lowest BCUT2D eigenvalue weighted by Crippen LogP contribution is -2.01. The second-order valence-electron chi connectivity index (χ2n) is 13.7. The molecule has 0 atom stereocenters. The van der Waals surface area contributed by atoms with Crippen molar-refractivity contribution in [1.29, 1.82) is 0 Å². The first-order valence-corrected chi connectivity index (χ1v) is 18.1. The van der Waals surface area contributed by atoms with Gasteiger partial charge in [0.05, 0.1) is 16.7 Å². The van der Waals surface area contributed by atoms with E-state index in [-0.39, 0.29) is 0 Å².